The first kappa shape index (κ1) is 18.2. The van der Waals surface area contributed by atoms with E-state index in [0.717, 1.165) is 11.0 Å². The van der Waals surface area contributed by atoms with E-state index >= 15 is 0 Å². The standard InChI is InChI=1S/C20H36N/c1-4-5-6-7-8-9-10-11-15-18-21(2,3)19-20-16-13-12-14-17-20/h12-14,16-17H,4-11,15,18-19H2,1-3H3/q+1. The van der Waals surface area contributed by atoms with Gasteiger partial charge in [0, 0.05) is 5.56 Å². The third-order valence-electron chi connectivity index (χ3n) is 4.32. The van der Waals surface area contributed by atoms with Crippen molar-refractivity contribution in [2.45, 2.75) is 71.3 Å². The fourth-order valence-electron chi connectivity index (χ4n) is 3.01. The first-order valence-corrected chi connectivity index (χ1v) is 9.00. The van der Waals surface area contributed by atoms with Crippen LogP contribution in [-0.4, -0.2) is 25.1 Å². The molecule has 0 radical (unpaired) electrons. The maximum atomic E-state index is 2.36. The van der Waals surface area contributed by atoms with Gasteiger partial charge in [0.15, 0.2) is 0 Å². The smallest absolute Gasteiger partial charge is 0.104 e. The number of rotatable bonds is 12. The van der Waals surface area contributed by atoms with Crippen molar-refractivity contribution in [1.29, 1.82) is 0 Å². The predicted molar refractivity (Wildman–Crippen MR) is 94.3 cm³/mol. The van der Waals surface area contributed by atoms with Gasteiger partial charge in [-0.25, -0.2) is 0 Å². The highest BCUT2D eigenvalue weighted by atomic mass is 15.3. The van der Waals surface area contributed by atoms with Gasteiger partial charge in [-0.15, -0.1) is 0 Å². The molecule has 1 aromatic rings. The molecule has 1 nitrogen and oxygen atoms in total. The van der Waals surface area contributed by atoms with Gasteiger partial charge in [-0.1, -0.05) is 82.2 Å². The van der Waals surface area contributed by atoms with Crippen molar-refractivity contribution in [1.82, 2.24) is 0 Å². The van der Waals surface area contributed by atoms with Crippen LogP contribution in [0, 0.1) is 0 Å². The van der Waals surface area contributed by atoms with Crippen molar-refractivity contribution in [3.63, 3.8) is 0 Å². The van der Waals surface area contributed by atoms with Crippen LogP contribution in [0.5, 0.6) is 0 Å². The highest BCUT2D eigenvalue weighted by molar-refractivity contribution is 5.13. The molecule has 120 valence electrons. The Balaban J connectivity index is 2.03. The molecule has 0 fully saturated rings. The van der Waals surface area contributed by atoms with Crippen LogP contribution in [0.15, 0.2) is 30.3 Å². The Morgan fingerprint density at radius 1 is 0.714 bits per heavy atom. The molecule has 1 heteroatoms. The number of unbranched alkanes of at least 4 members (excludes halogenated alkanes) is 8. The molecule has 0 saturated carbocycles. The molecule has 0 aliphatic heterocycles. The summed E-state index contributed by atoms with van der Waals surface area (Å²) in [6.45, 7) is 4.73. The van der Waals surface area contributed by atoms with Crippen LogP contribution in [0.4, 0.5) is 0 Å². The minimum absolute atomic E-state index is 1.11. The van der Waals surface area contributed by atoms with E-state index in [1.54, 1.807) is 0 Å². The second-order valence-electron chi connectivity index (χ2n) is 7.13. The van der Waals surface area contributed by atoms with Crippen LogP contribution in [0.25, 0.3) is 0 Å². The molecular weight excluding hydrogens is 254 g/mol. The van der Waals surface area contributed by atoms with Gasteiger partial charge in [-0.2, -0.15) is 0 Å². The first-order chi connectivity index (χ1) is 10.1. The summed E-state index contributed by atoms with van der Waals surface area (Å²) in [4.78, 5) is 0. The molecule has 0 aromatic heterocycles. The average Bonchev–Trinajstić information content (AvgIpc) is 2.46. The molecule has 0 bridgehead atoms. The largest absolute Gasteiger partial charge is 0.325 e. The van der Waals surface area contributed by atoms with Crippen LogP contribution in [-0.2, 0) is 6.54 Å². The van der Waals surface area contributed by atoms with E-state index in [9.17, 15) is 0 Å². The third kappa shape index (κ3) is 9.68. The molecule has 0 saturated heterocycles. The summed E-state index contributed by atoms with van der Waals surface area (Å²) in [6, 6.07) is 10.9. The number of quaternary nitrogens is 1. The van der Waals surface area contributed by atoms with E-state index in [0.29, 0.717) is 0 Å². The van der Waals surface area contributed by atoms with Gasteiger partial charge in [0.1, 0.15) is 6.54 Å². The van der Waals surface area contributed by atoms with Crippen LogP contribution >= 0.6 is 0 Å². The fraction of sp³-hybridized carbons (Fsp3) is 0.700. The zero-order valence-corrected chi connectivity index (χ0v) is 14.6. The summed E-state index contributed by atoms with van der Waals surface area (Å²) in [5, 5.41) is 0. The lowest BCUT2D eigenvalue weighted by molar-refractivity contribution is -0.903. The van der Waals surface area contributed by atoms with Crippen molar-refractivity contribution in [2.24, 2.45) is 0 Å². The molecule has 0 amide bonds. The van der Waals surface area contributed by atoms with E-state index in [1.165, 1.54) is 69.9 Å². The molecule has 0 unspecified atom stereocenters. The van der Waals surface area contributed by atoms with Crippen LogP contribution in [0.2, 0.25) is 0 Å². The Kier molecular flexibility index (Phi) is 9.41. The molecular formula is C20H36N+. The molecule has 1 rings (SSSR count). The van der Waals surface area contributed by atoms with E-state index in [-0.39, 0.29) is 0 Å². The van der Waals surface area contributed by atoms with Gasteiger partial charge in [0.25, 0.3) is 0 Å². The molecule has 0 aliphatic rings. The van der Waals surface area contributed by atoms with Gasteiger partial charge in [0.2, 0.25) is 0 Å². The summed E-state index contributed by atoms with van der Waals surface area (Å²) in [7, 11) is 4.72. The van der Waals surface area contributed by atoms with Crippen molar-refractivity contribution in [2.75, 3.05) is 20.6 Å². The molecule has 1 aromatic carbocycles. The van der Waals surface area contributed by atoms with E-state index < -0.39 is 0 Å². The van der Waals surface area contributed by atoms with Crippen molar-refractivity contribution in [3.8, 4) is 0 Å². The molecule has 21 heavy (non-hydrogen) atoms. The van der Waals surface area contributed by atoms with Crippen molar-refractivity contribution >= 4 is 0 Å². The summed E-state index contributed by atoms with van der Waals surface area (Å²) in [5.74, 6) is 0. The average molecular weight is 291 g/mol. The second kappa shape index (κ2) is 10.8. The van der Waals surface area contributed by atoms with E-state index in [2.05, 4.69) is 51.4 Å². The van der Waals surface area contributed by atoms with Crippen LogP contribution < -0.4 is 0 Å². The summed E-state index contributed by atoms with van der Waals surface area (Å²) >= 11 is 0. The van der Waals surface area contributed by atoms with E-state index in [4.69, 9.17) is 0 Å². The second-order valence-corrected chi connectivity index (χ2v) is 7.13. The highest BCUT2D eigenvalue weighted by Gasteiger charge is 2.14. The fourth-order valence-corrected chi connectivity index (χ4v) is 3.01. The van der Waals surface area contributed by atoms with Gasteiger partial charge < -0.3 is 4.48 Å². The van der Waals surface area contributed by atoms with Crippen LogP contribution in [0.3, 0.4) is 0 Å². The minimum atomic E-state index is 1.11. The molecule has 0 heterocycles. The molecule has 0 spiro atoms. The Bertz CT molecular complexity index is 342. The minimum Gasteiger partial charge on any atom is -0.325 e. The lowest BCUT2D eigenvalue weighted by atomic mass is 10.1. The summed E-state index contributed by atoms with van der Waals surface area (Å²) in [5.41, 5.74) is 1.46. The Morgan fingerprint density at radius 2 is 1.24 bits per heavy atom. The third-order valence-corrected chi connectivity index (χ3v) is 4.32. The Labute approximate surface area is 133 Å². The first-order valence-electron chi connectivity index (χ1n) is 9.00. The molecule has 0 N–H and O–H groups in total. The maximum absolute atomic E-state index is 2.36. The van der Waals surface area contributed by atoms with Crippen molar-refractivity contribution in [3.05, 3.63) is 35.9 Å². The Hall–Kier alpha value is -0.820. The summed E-state index contributed by atoms with van der Waals surface area (Å²) in [6.07, 6.45) is 12.8. The predicted octanol–water partition coefficient (Wildman–Crippen LogP) is 5.79. The van der Waals surface area contributed by atoms with E-state index in [1.807, 2.05) is 0 Å². The number of nitrogens with zero attached hydrogens (tertiary/aromatic N) is 1. The Morgan fingerprint density at radius 3 is 1.81 bits per heavy atom. The monoisotopic (exact) mass is 290 g/mol. The van der Waals surface area contributed by atoms with Crippen molar-refractivity contribution < 1.29 is 4.48 Å². The number of hydrogen-bond donors (Lipinski definition) is 0. The molecule has 0 atom stereocenters. The SMILES string of the molecule is CCCCCCCCCCC[N+](C)(C)Cc1ccccc1. The lowest BCUT2D eigenvalue weighted by Crippen LogP contribution is -2.39. The zero-order valence-electron chi connectivity index (χ0n) is 14.6. The number of hydrogen-bond acceptors (Lipinski definition) is 0. The number of benzene rings is 1. The van der Waals surface area contributed by atoms with Gasteiger partial charge in [0.05, 0.1) is 20.6 Å². The normalized spacial score (nSPS) is 11.8. The quantitative estimate of drug-likeness (QED) is 0.337. The van der Waals surface area contributed by atoms with Gasteiger partial charge in [-0.3, -0.25) is 0 Å². The van der Waals surface area contributed by atoms with Crippen LogP contribution in [0.1, 0.15) is 70.3 Å². The zero-order chi connectivity index (χ0) is 15.4. The maximum Gasteiger partial charge on any atom is 0.104 e. The van der Waals surface area contributed by atoms with Gasteiger partial charge in [-0.05, 0) is 12.8 Å². The highest BCUT2D eigenvalue weighted by Crippen LogP contribution is 2.13. The van der Waals surface area contributed by atoms with Gasteiger partial charge >= 0.3 is 0 Å². The molecule has 0 aliphatic carbocycles. The lowest BCUT2D eigenvalue weighted by Gasteiger charge is -2.30. The topological polar surface area (TPSA) is 0 Å². The summed E-state index contributed by atoms with van der Waals surface area (Å²) < 4.78 is 1.11.